The first kappa shape index (κ1) is 18.6. The second kappa shape index (κ2) is 7.60. The van der Waals surface area contributed by atoms with Crippen molar-refractivity contribution in [2.24, 2.45) is 0 Å². The average molecular weight is 383 g/mol. The van der Waals surface area contributed by atoms with Crippen LogP contribution in [0.1, 0.15) is 27.2 Å². The summed E-state index contributed by atoms with van der Waals surface area (Å²) in [4.78, 5) is 16.6. The standard InChI is InChI=1S/C19H17N3O4S/c1-14-2-7-18-21-17(11-22(18)10-14)12-26-19(23)16-5-3-15(4-6-16)13-27(24,25)9-8-20/h2-7,10-11H,9,12-13H2,1H3. The van der Waals surface area contributed by atoms with E-state index in [9.17, 15) is 13.2 Å². The van der Waals surface area contributed by atoms with Crippen molar-refractivity contribution < 1.29 is 17.9 Å². The number of pyridine rings is 1. The number of ether oxygens (including phenoxy) is 1. The number of imidazole rings is 1. The number of hydrogen-bond donors (Lipinski definition) is 0. The molecule has 0 bridgehead atoms. The van der Waals surface area contributed by atoms with E-state index in [0.29, 0.717) is 16.8 Å². The number of aromatic nitrogens is 2. The molecule has 1 aromatic carbocycles. The number of aryl methyl sites for hydroxylation is 1. The summed E-state index contributed by atoms with van der Waals surface area (Å²) < 4.78 is 30.4. The Bertz CT molecular complexity index is 1130. The highest BCUT2D eigenvalue weighted by Gasteiger charge is 2.13. The topological polar surface area (TPSA) is 102 Å². The Morgan fingerprint density at radius 2 is 1.93 bits per heavy atom. The lowest BCUT2D eigenvalue weighted by Gasteiger charge is -2.05. The zero-order chi connectivity index (χ0) is 19.4. The van der Waals surface area contributed by atoms with Gasteiger partial charge >= 0.3 is 5.97 Å². The second-order valence-electron chi connectivity index (χ2n) is 6.17. The number of fused-ring (bicyclic) bond motifs is 1. The van der Waals surface area contributed by atoms with Crippen LogP contribution < -0.4 is 0 Å². The van der Waals surface area contributed by atoms with Gasteiger partial charge in [-0.25, -0.2) is 18.2 Å². The fourth-order valence-electron chi connectivity index (χ4n) is 2.59. The third-order valence-electron chi connectivity index (χ3n) is 3.86. The van der Waals surface area contributed by atoms with Crippen LogP contribution in [0.4, 0.5) is 0 Å². The first-order valence-electron chi connectivity index (χ1n) is 8.14. The minimum absolute atomic E-state index is 0.0395. The van der Waals surface area contributed by atoms with Crippen LogP contribution in [0.5, 0.6) is 0 Å². The smallest absolute Gasteiger partial charge is 0.338 e. The Kier molecular flexibility index (Phi) is 5.23. The first-order chi connectivity index (χ1) is 12.9. The summed E-state index contributed by atoms with van der Waals surface area (Å²) in [5, 5.41) is 8.51. The van der Waals surface area contributed by atoms with E-state index >= 15 is 0 Å². The van der Waals surface area contributed by atoms with Crippen LogP contribution in [0.3, 0.4) is 0 Å². The molecule has 0 N–H and O–H groups in total. The van der Waals surface area contributed by atoms with Crippen molar-refractivity contribution in [1.82, 2.24) is 9.38 Å². The number of rotatable bonds is 6. The van der Waals surface area contributed by atoms with Gasteiger partial charge in [-0.1, -0.05) is 18.2 Å². The maximum Gasteiger partial charge on any atom is 0.338 e. The van der Waals surface area contributed by atoms with E-state index < -0.39 is 21.6 Å². The first-order valence-corrected chi connectivity index (χ1v) is 9.96. The molecule has 0 spiro atoms. The molecule has 0 aliphatic carbocycles. The third-order valence-corrected chi connectivity index (χ3v) is 5.20. The predicted octanol–water partition coefficient (Wildman–Crippen LogP) is 2.44. The van der Waals surface area contributed by atoms with Crippen molar-refractivity contribution >= 4 is 21.5 Å². The molecular weight excluding hydrogens is 366 g/mol. The molecule has 0 amide bonds. The van der Waals surface area contributed by atoms with Crippen molar-refractivity contribution in [3.63, 3.8) is 0 Å². The number of sulfone groups is 1. The molecule has 0 saturated carbocycles. The van der Waals surface area contributed by atoms with E-state index in [0.717, 1.165) is 11.2 Å². The Balaban J connectivity index is 1.63. The maximum atomic E-state index is 12.2. The number of hydrogen-bond acceptors (Lipinski definition) is 6. The molecule has 0 radical (unpaired) electrons. The largest absolute Gasteiger partial charge is 0.456 e. The van der Waals surface area contributed by atoms with Crippen molar-refractivity contribution in [2.75, 3.05) is 5.75 Å². The molecule has 0 aliphatic heterocycles. The predicted molar refractivity (Wildman–Crippen MR) is 98.6 cm³/mol. The van der Waals surface area contributed by atoms with Gasteiger partial charge in [0.05, 0.1) is 23.1 Å². The summed E-state index contributed by atoms with van der Waals surface area (Å²) in [6, 6.07) is 11.6. The molecule has 0 unspecified atom stereocenters. The van der Waals surface area contributed by atoms with Crippen LogP contribution in [-0.4, -0.2) is 29.5 Å². The van der Waals surface area contributed by atoms with Crippen molar-refractivity contribution in [2.45, 2.75) is 19.3 Å². The molecule has 0 saturated heterocycles. The Hall–Kier alpha value is -3.18. The quantitative estimate of drug-likeness (QED) is 0.606. The van der Waals surface area contributed by atoms with E-state index in [2.05, 4.69) is 4.98 Å². The van der Waals surface area contributed by atoms with E-state index in [1.165, 1.54) is 12.1 Å². The molecular formula is C19H17N3O4S. The highest BCUT2D eigenvalue weighted by atomic mass is 32.2. The summed E-state index contributed by atoms with van der Waals surface area (Å²) in [6.45, 7) is 2.02. The van der Waals surface area contributed by atoms with E-state index in [1.807, 2.05) is 29.7 Å². The molecule has 3 aromatic rings. The van der Waals surface area contributed by atoms with Crippen molar-refractivity contribution in [3.8, 4) is 6.07 Å². The van der Waals surface area contributed by atoms with Crippen molar-refractivity contribution in [1.29, 1.82) is 5.26 Å². The minimum Gasteiger partial charge on any atom is -0.456 e. The lowest BCUT2D eigenvalue weighted by Crippen LogP contribution is -2.09. The molecule has 0 aliphatic rings. The summed E-state index contributed by atoms with van der Waals surface area (Å²) in [5.41, 5.74) is 3.33. The highest BCUT2D eigenvalue weighted by molar-refractivity contribution is 7.90. The van der Waals surface area contributed by atoms with Crippen LogP contribution in [-0.2, 0) is 26.9 Å². The van der Waals surface area contributed by atoms with E-state index in [4.69, 9.17) is 10.00 Å². The number of benzene rings is 1. The SMILES string of the molecule is Cc1ccc2nc(COC(=O)c3ccc(CS(=O)(=O)CC#N)cc3)cn2c1. The van der Waals surface area contributed by atoms with Gasteiger partial charge in [0.25, 0.3) is 0 Å². The van der Waals surface area contributed by atoms with Crippen LogP contribution in [0.15, 0.2) is 48.8 Å². The summed E-state index contributed by atoms with van der Waals surface area (Å²) >= 11 is 0. The molecule has 2 heterocycles. The Labute approximate surface area is 156 Å². The number of carbonyl (C=O) groups excluding carboxylic acids is 1. The monoisotopic (exact) mass is 383 g/mol. The highest BCUT2D eigenvalue weighted by Crippen LogP contribution is 2.12. The fraction of sp³-hybridized carbons (Fsp3) is 0.211. The normalized spacial score (nSPS) is 11.3. The average Bonchev–Trinajstić information content (AvgIpc) is 3.02. The number of esters is 1. The number of nitrogens with zero attached hydrogens (tertiary/aromatic N) is 3. The molecule has 138 valence electrons. The number of nitriles is 1. The zero-order valence-corrected chi connectivity index (χ0v) is 15.4. The van der Waals surface area contributed by atoms with Gasteiger partial charge in [-0.2, -0.15) is 5.26 Å². The van der Waals surface area contributed by atoms with Crippen LogP contribution in [0.25, 0.3) is 5.65 Å². The maximum absolute atomic E-state index is 12.2. The lowest BCUT2D eigenvalue weighted by atomic mass is 10.1. The molecule has 0 fully saturated rings. The summed E-state index contributed by atoms with van der Waals surface area (Å²) in [5.74, 6) is -1.29. The second-order valence-corrected chi connectivity index (χ2v) is 8.23. The minimum atomic E-state index is -3.47. The molecule has 2 aromatic heterocycles. The van der Waals surface area contributed by atoms with Crippen LogP contribution in [0, 0.1) is 18.3 Å². The molecule has 7 nitrogen and oxygen atoms in total. The fourth-order valence-corrected chi connectivity index (χ4v) is 3.59. The molecule has 27 heavy (non-hydrogen) atoms. The van der Waals surface area contributed by atoms with E-state index in [-0.39, 0.29) is 12.4 Å². The van der Waals surface area contributed by atoms with Gasteiger partial charge in [-0.15, -0.1) is 0 Å². The molecule has 0 atom stereocenters. The van der Waals surface area contributed by atoms with Gasteiger partial charge in [-0.05, 0) is 36.2 Å². The van der Waals surface area contributed by atoms with Crippen LogP contribution in [0.2, 0.25) is 0 Å². The van der Waals surface area contributed by atoms with Crippen molar-refractivity contribution in [3.05, 3.63) is 71.2 Å². The van der Waals surface area contributed by atoms with Gasteiger partial charge in [0, 0.05) is 12.4 Å². The summed E-state index contributed by atoms with van der Waals surface area (Å²) in [6.07, 6.45) is 3.74. The molecule has 8 heteroatoms. The van der Waals surface area contributed by atoms with E-state index in [1.54, 1.807) is 24.4 Å². The summed E-state index contributed by atoms with van der Waals surface area (Å²) in [7, 11) is -3.47. The van der Waals surface area contributed by atoms with Gasteiger partial charge in [0.15, 0.2) is 9.84 Å². The third kappa shape index (κ3) is 4.71. The van der Waals surface area contributed by atoms with Gasteiger partial charge < -0.3 is 9.14 Å². The Morgan fingerprint density at radius 3 is 2.63 bits per heavy atom. The van der Waals surface area contributed by atoms with Crippen LogP contribution >= 0.6 is 0 Å². The Morgan fingerprint density at radius 1 is 1.19 bits per heavy atom. The van der Waals surface area contributed by atoms with Gasteiger partial charge in [-0.3, -0.25) is 0 Å². The number of carbonyl (C=O) groups is 1. The molecule has 3 rings (SSSR count). The lowest BCUT2D eigenvalue weighted by molar-refractivity contribution is 0.0468. The van der Waals surface area contributed by atoms with Gasteiger partial charge in [0.1, 0.15) is 18.0 Å². The van der Waals surface area contributed by atoms with Gasteiger partial charge in [0.2, 0.25) is 0 Å². The zero-order valence-electron chi connectivity index (χ0n) is 14.6.